The van der Waals surface area contributed by atoms with E-state index in [4.69, 9.17) is 19.9 Å². The molecule has 2 aliphatic rings. The minimum atomic E-state index is 0.495. The van der Waals surface area contributed by atoms with Gasteiger partial charge < -0.3 is 20.9 Å². The van der Waals surface area contributed by atoms with Gasteiger partial charge in [-0.3, -0.25) is 0 Å². The number of aromatic nitrogens is 4. The van der Waals surface area contributed by atoms with Crippen LogP contribution in [0.3, 0.4) is 0 Å². The lowest BCUT2D eigenvalue weighted by molar-refractivity contribution is 0.863. The maximum atomic E-state index is 4.85. The zero-order valence-corrected chi connectivity index (χ0v) is 16.5. The highest BCUT2D eigenvalue weighted by molar-refractivity contribution is 5.94. The van der Waals surface area contributed by atoms with Gasteiger partial charge >= 0.3 is 0 Å². The molecule has 0 radical (unpaired) electrons. The highest BCUT2D eigenvalue weighted by Crippen LogP contribution is 2.33. The van der Waals surface area contributed by atoms with Crippen molar-refractivity contribution in [3.8, 4) is 0 Å². The molecule has 8 heteroatoms. The molecule has 4 rings (SSSR count). The van der Waals surface area contributed by atoms with Crippen LogP contribution in [0.5, 0.6) is 0 Å². The predicted molar refractivity (Wildman–Crippen MR) is 111 cm³/mol. The SMILES string of the molecule is CCCNc1nc(N(C)C2CC2)nc2c(NCCC)nc(NC3CC3)nc12. The summed E-state index contributed by atoms with van der Waals surface area (Å²) in [4.78, 5) is 21.3. The molecule has 2 aromatic heterocycles. The molecular weight excluding hydrogens is 340 g/mol. The van der Waals surface area contributed by atoms with Gasteiger partial charge in [-0.05, 0) is 38.5 Å². The lowest BCUT2D eigenvalue weighted by Gasteiger charge is -2.19. The van der Waals surface area contributed by atoms with Crippen LogP contribution in [0.1, 0.15) is 52.4 Å². The third kappa shape index (κ3) is 4.14. The molecule has 8 nitrogen and oxygen atoms in total. The van der Waals surface area contributed by atoms with E-state index in [9.17, 15) is 0 Å². The molecule has 2 saturated carbocycles. The van der Waals surface area contributed by atoms with E-state index >= 15 is 0 Å². The number of nitrogens with zero attached hydrogens (tertiary/aromatic N) is 5. The Morgan fingerprint density at radius 2 is 1.48 bits per heavy atom. The van der Waals surface area contributed by atoms with Crippen LogP contribution in [0.4, 0.5) is 23.5 Å². The van der Waals surface area contributed by atoms with Gasteiger partial charge in [0.1, 0.15) is 11.0 Å². The van der Waals surface area contributed by atoms with E-state index in [2.05, 4.69) is 41.7 Å². The van der Waals surface area contributed by atoms with Crippen LogP contribution in [-0.2, 0) is 0 Å². The molecule has 3 N–H and O–H groups in total. The molecule has 0 unspecified atom stereocenters. The number of anilines is 4. The second-order valence-electron chi connectivity index (χ2n) is 7.58. The van der Waals surface area contributed by atoms with Crippen molar-refractivity contribution < 1.29 is 0 Å². The van der Waals surface area contributed by atoms with Crippen LogP contribution in [-0.4, -0.2) is 52.2 Å². The number of nitrogens with one attached hydrogen (secondary N) is 3. The third-order valence-electron chi connectivity index (χ3n) is 4.94. The topological polar surface area (TPSA) is 90.9 Å². The summed E-state index contributed by atoms with van der Waals surface area (Å²) in [5.74, 6) is 2.99. The Bertz CT molecular complexity index is 800. The summed E-state index contributed by atoms with van der Waals surface area (Å²) < 4.78 is 0. The van der Waals surface area contributed by atoms with Gasteiger partial charge in [0.25, 0.3) is 0 Å². The summed E-state index contributed by atoms with van der Waals surface area (Å²) in [6, 6.07) is 1.04. The molecule has 0 amide bonds. The highest BCUT2D eigenvalue weighted by atomic mass is 15.3. The monoisotopic (exact) mass is 370 g/mol. The third-order valence-corrected chi connectivity index (χ3v) is 4.94. The summed E-state index contributed by atoms with van der Waals surface area (Å²) >= 11 is 0. The summed E-state index contributed by atoms with van der Waals surface area (Å²) in [5.41, 5.74) is 1.58. The molecule has 0 bridgehead atoms. The molecule has 0 aromatic carbocycles. The van der Waals surface area contributed by atoms with Crippen LogP contribution >= 0.6 is 0 Å². The fourth-order valence-corrected chi connectivity index (χ4v) is 2.99. The van der Waals surface area contributed by atoms with Gasteiger partial charge in [0.05, 0.1) is 0 Å². The van der Waals surface area contributed by atoms with Crippen molar-refractivity contribution in [1.82, 2.24) is 19.9 Å². The number of rotatable bonds is 10. The molecule has 2 aliphatic carbocycles. The molecule has 2 fully saturated rings. The summed E-state index contributed by atoms with van der Waals surface area (Å²) in [6.07, 6.45) is 6.83. The minimum absolute atomic E-state index is 0.495. The average Bonchev–Trinajstić information content (AvgIpc) is 3.57. The van der Waals surface area contributed by atoms with E-state index < -0.39 is 0 Å². The van der Waals surface area contributed by atoms with Crippen LogP contribution < -0.4 is 20.9 Å². The van der Waals surface area contributed by atoms with E-state index in [1.165, 1.54) is 25.7 Å². The zero-order chi connectivity index (χ0) is 18.8. The zero-order valence-electron chi connectivity index (χ0n) is 16.5. The Morgan fingerprint density at radius 3 is 2.07 bits per heavy atom. The molecular formula is C19H30N8. The van der Waals surface area contributed by atoms with Gasteiger partial charge in [-0.1, -0.05) is 13.8 Å². The van der Waals surface area contributed by atoms with E-state index in [0.29, 0.717) is 18.0 Å². The first kappa shape index (κ1) is 18.0. The standard InChI is InChI=1S/C19H30N8/c1-4-10-20-16-15-14(23-18(25-16)22-12-6-7-12)17(21-11-5-2)26-19(24-15)27(3)13-8-9-13/h12-13H,4-11H2,1-3H3,(H,21,24,26)(H2,20,22,23,25). The van der Waals surface area contributed by atoms with Gasteiger partial charge in [-0.15, -0.1) is 0 Å². The van der Waals surface area contributed by atoms with E-state index in [-0.39, 0.29) is 0 Å². The van der Waals surface area contributed by atoms with E-state index in [1.54, 1.807) is 0 Å². The van der Waals surface area contributed by atoms with E-state index in [1.807, 2.05) is 0 Å². The Morgan fingerprint density at radius 1 is 0.852 bits per heavy atom. The molecule has 0 saturated heterocycles. The maximum absolute atomic E-state index is 4.85. The lowest BCUT2D eigenvalue weighted by atomic mass is 10.3. The molecule has 0 aliphatic heterocycles. The quantitative estimate of drug-likeness (QED) is 0.587. The van der Waals surface area contributed by atoms with Gasteiger partial charge in [-0.2, -0.15) is 9.97 Å². The molecule has 2 aromatic rings. The van der Waals surface area contributed by atoms with Crippen molar-refractivity contribution in [2.75, 3.05) is 41.0 Å². The Kier molecular flexibility index (Phi) is 5.13. The molecule has 146 valence electrons. The first-order valence-electron chi connectivity index (χ1n) is 10.3. The van der Waals surface area contributed by atoms with Crippen LogP contribution in [0.2, 0.25) is 0 Å². The molecule has 0 spiro atoms. The van der Waals surface area contributed by atoms with Gasteiger partial charge in [0, 0.05) is 32.2 Å². The maximum Gasteiger partial charge on any atom is 0.228 e. The van der Waals surface area contributed by atoms with Crippen LogP contribution in [0.25, 0.3) is 11.0 Å². The molecule has 27 heavy (non-hydrogen) atoms. The smallest absolute Gasteiger partial charge is 0.228 e. The summed E-state index contributed by atoms with van der Waals surface area (Å²) in [5, 5.41) is 10.3. The van der Waals surface area contributed by atoms with Crippen molar-refractivity contribution in [2.24, 2.45) is 0 Å². The first-order valence-corrected chi connectivity index (χ1v) is 10.3. The predicted octanol–water partition coefficient (Wildman–Crippen LogP) is 3.24. The van der Waals surface area contributed by atoms with Gasteiger partial charge in [-0.25, -0.2) is 9.97 Å². The fourth-order valence-electron chi connectivity index (χ4n) is 2.99. The number of fused-ring (bicyclic) bond motifs is 1. The minimum Gasteiger partial charge on any atom is -0.368 e. The summed E-state index contributed by atoms with van der Waals surface area (Å²) in [7, 11) is 2.07. The number of hydrogen-bond acceptors (Lipinski definition) is 8. The summed E-state index contributed by atoms with van der Waals surface area (Å²) in [6.45, 7) is 6.00. The van der Waals surface area contributed by atoms with Crippen molar-refractivity contribution >= 4 is 34.6 Å². The van der Waals surface area contributed by atoms with Crippen LogP contribution in [0.15, 0.2) is 0 Å². The Balaban J connectivity index is 1.80. The Labute approximate surface area is 160 Å². The Hall–Kier alpha value is -2.38. The van der Waals surface area contributed by atoms with Crippen molar-refractivity contribution in [3.63, 3.8) is 0 Å². The lowest BCUT2D eigenvalue weighted by Crippen LogP contribution is -2.23. The highest BCUT2D eigenvalue weighted by Gasteiger charge is 2.29. The van der Waals surface area contributed by atoms with Crippen molar-refractivity contribution in [1.29, 1.82) is 0 Å². The normalized spacial score (nSPS) is 16.4. The van der Waals surface area contributed by atoms with Crippen molar-refractivity contribution in [3.05, 3.63) is 0 Å². The van der Waals surface area contributed by atoms with Crippen LogP contribution in [0, 0.1) is 0 Å². The average molecular weight is 371 g/mol. The molecule has 2 heterocycles. The number of hydrogen-bond donors (Lipinski definition) is 3. The van der Waals surface area contributed by atoms with Gasteiger partial charge in [0.2, 0.25) is 11.9 Å². The van der Waals surface area contributed by atoms with Crippen molar-refractivity contribution in [2.45, 2.75) is 64.5 Å². The largest absolute Gasteiger partial charge is 0.368 e. The van der Waals surface area contributed by atoms with E-state index in [0.717, 1.165) is 54.5 Å². The fraction of sp³-hybridized carbons (Fsp3) is 0.684. The first-order chi connectivity index (χ1) is 13.2. The molecule has 0 atom stereocenters. The van der Waals surface area contributed by atoms with Gasteiger partial charge in [0.15, 0.2) is 11.6 Å². The second-order valence-corrected chi connectivity index (χ2v) is 7.58. The second kappa shape index (κ2) is 7.70.